The number of benzene rings is 1. The molecule has 0 unspecified atom stereocenters. The fourth-order valence-corrected chi connectivity index (χ4v) is 2.21. The number of anilines is 1. The lowest BCUT2D eigenvalue weighted by molar-refractivity contribution is -0.137. The van der Waals surface area contributed by atoms with Crippen molar-refractivity contribution in [3.63, 3.8) is 0 Å². The molecule has 1 amide bonds. The van der Waals surface area contributed by atoms with Crippen LogP contribution in [0.2, 0.25) is 0 Å². The Balaban J connectivity index is 2.34. The van der Waals surface area contributed by atoms with E-state index < -0.39 is 17.8 Å². The van der Waals surface area contributed by atoms with Gasteiger partial charge in [-0.1, -0.05) is 6.07 Å². The molecule has 0 radical (unpaired) electrons. The van der Waals surface area contributed by atoms with E-state index in [2.05, 4.69) is 10.5 Å². The third-order valence-electron chi connectivity index (χ3n) is 3.55. The molecule has 0 aliphatic carbocycles. The second-order valence-electron chi connectivity index (χ2n) is 5.70. The van der Waals surface area contributed by atoms with Crippen LogP contribution < -0.4 is 10.3 Å². The lowest BCUT2D eigenvalue weighted by Gasteiger charge is -2.25. The van der Waals surface area contributed by atoms with Crippen molar-refractivity contribution in [3.8, 4) is 0 Å². The number of nitrogens with zero attached hydrogens (tertiary/aromatic N) is 3. The van der Waals surface area contributed by atoms with E-state index in [1.165, 1.54) is 12.1 Å². The maximum Gasteiger partial charge on any atom is 0.428 e. The van der Waals surface area contributed by atoms with Crippen molar-refractivity contribution in [1.29, 1.82) is 0 Å². The van der Waals surface area contributed by atoms with Crippen molar-refractivity contribution in [3.05, 3.63) is 29.3 Å². The van der Waals surface area contributed by atoms with Crippen LogP contribution in [0.3, 0.4) is 0 Å². The molecular formula is C15H19F3N4O2. The van der Waals surface area contributed by atoms with Gasteiger partial charge in [0.2, 0.25) is 0 Å². The Morgan fingerprint density at radius 1 is 1.25 bits per heavy atom. The van der Waals surface area contributed by atoms with Gasteiger partial charge >= 0.3 is 12.3 Å². The van der Waals surface area contributed by atoms with Gasteiger partial charge in [-0.25, -0.2) is 10.2 Å². The zero-order valence-corrected chi connectivity index (χ0v) is 13.6. The molecule has 0 atom stereocenters. The molecule has 1 aliphatic heterocycles. The minimum Gasteiger partial charge on any atom is -0.442 e. The standard InChI is InChI=1S/C15H19F3N4O2/c1-21(2)6-7-22(3)13-5-4-10(8-11(13)15(16,17)18)12-9-24-14(23)20-19-12/h4-5,8H,6-7,9H2,1-3H3,(H,20,23). The number of rotatable bonds is 5. The van der Waals surface area contributed by atoms with Gasteiger partial charge in [-0.05, 0) is 26.2 Å². The number of alkyl halides is 3. The number of likely N-dealkylation sites (N-methyl/N-ethyl adjacent to an activating group) is 2. The number of cyclic esters (lactones) is 1. The van der Waals surface area contributed by atoms with Crippen LogP contribution in [0.15, 0.2) is 23.3 Å². The summed E-state index contributed by atoms with van der Waals surface area (Å²) in [4.78, 5) is 14.4. The zero-order chi connectivity index (χ0) is 17.9. The van der Waals surface area contributed by atoms with Crippen molar-refractivity contribution in [2.24, 2.45) is 5.10 Å². The van der Waals surface area contributed by atoms with Gasteiger partial charge in [-0.3, -0.25) is 0 Å². The van der Waals surface area contributed by atoms with Crippen LogP contribution in [0.4, 0.5) is 23.7 Å². The fourth-order valence-electron chi connectivity index (χ4n) is 2.21. The molecule has 0 saturated heterocycles. The minimum absolute atomic E-state index is 0.0921. The smallest absolute Gasteiger partial charge is 0.428 e. The highest BCUT2D eigenvalue weighted by molar-refractivity contribution is 6.04. The normalized spacial score (nSPS) is 15.0. The molecule has 0 spiro atoms. The molecule has 1 N–H and O–H groups in total. The Bertz CT molecular complexity index is 644. The number of nitrogens with one attached hydrogen (secondary N) is 1. The highest BCUT2D eigenvalue weighted by atomic mass is 19.4. The Morgan fingerprint density at radius 3 is 2.50 bits per heavy atom. The monoisotopic (exact) mass is 344 g/mol. The molecule has 0 aromatic heterocycles. The molecule has 24 heavy (non-hydrogen) atoms. The summed E-state index contributed by atoms with van der Waals surface area (Å²) in [6, 6.07) is 3.98. The van der Waals surface area contributed by atoms with E-state index in [0.29, 0.717) is 13.1 Å². The molecular weight excluding hydrogens is 325 g/mol. The largest absolute Gasteiger partial charge is 0.442 e. The first-order valence-corrected chi connectivity index (χ1v) is 7.25. The van der Waals surface area contributed by atoms with E-state index in [-0.39, 0.29) is 23.6 Å². The first kappa shape index (κ1) is 18.1. The highest BCUT2D eigenvalue weighted by Gasteiger charge is 2.35. The molecule has 2 rings (SSSR count). The van der Waals surface area contributed by atoms with Crippen LogP contribution >= 0.6 is 0 Å². The lowest BCUT2D eigenvalue weighted by atomic mass is 10.0. The summed E-state index contributed by atoms with van der Waals surface area (Å²) in [7, 11) is 5.34. The number of carbonyl (C=O) groups excluding carboxylic acids is 1. The van der Waals surface area contributed by atoms with Crippen LogP contribution in [-0.2, 0) is 10.9 Å². The molecule has 1 aromatic carbocycles. The Morgan fingerprint density at radius 2 is 1.96 bits per heavy atom. The fraction of sp³-hybridized carbons (Fsp3) is 0.467. The average Bonchev–Trinajstić information content (AvgIpc) is 2.52. The molecule has 1 aromatic rings. The zero-order valence-electron chi connectivity index (χ0n) is 13.6. The van der Waals surface area contributed by atoms with Crippen LogP contribution in [-0.4, -0.2) is 57.5 Å². The Kier molecular flexibility index (Phi) is 5.33. The third-order valence-corrected chi connectivity index (χ3v) is 3.55. The van der Waals surface area contributed by atoms with Crippen molar-refractivity contribution in [1.82, 2.24) is 10.3 Å². The van der Waals surface area contributed by atoms with E-state index >= 15 is 0 Å². The van der Waals surface area contributed by atoms with Crippen molar-refractivity contribution >= 4 is 17.5 Å². The van der Waals surface area contributed by atoms with Crippen molar-refractivity contribution < 1.29 is 22.7 Å². The molecule has 0 saturated carbocycles. The maximum absolute atomic E-state index is 13.4. The summed E-state index contributed by atoms with van der Waals surface area (Å²) >= 11 is 0. The number of ether oxygens (including phenoxy) is 1. The molecule has 0 fully saturated rings. The topological polar surface area (TPSA) is 57.2 Å². The number of carbonyl (C=O) groups is 1. The molecule has 0 bridgehead atoms. The van der Waals surface area contributed by atoms with E-state index in [9.17, 15) is 18.0 Å². The van der Waals surface area contributed by atoms with Crippen molar-refractivity contribution in [2.75, 3.05) is 45.7 Å². The second-order valence-corrected chi connectivity index (χ2v) is 5.70. The van der Waals surface area contributed by atoms with Gasteiger partial charge in [0.15, 0.2) is 0 Å². The number of hydrogen-bond acceptors (Lipinski definition) is 5. The van der Waals surface area contributed by atoms with Gasteiger partial charge < -0.3 is 14.5 Å². The van der Waals surface area contributed by atoms with E-state index in [1.54, 1.807) is 11.9 Å². The predicted molar refractivity (Wildman–Crippen MR) is 84.3 cm³/mol. The number of halogens is 3. The van der Waals surface area contributed by atoms with E-state index in [0.717, 1.165) is 6.07 Å². The average molecular weight is 344 g/mol. The summed E-state index contributed by atoms with van der Waals surface area (Å²) in [5.41, 5.74) is 1.93. The summed E-state index contributed by atoms with van der Waals surface area (Å²) < 4.78 is 45.1. The summed E-state index contributed by atoms with van der Waals surface area (Å²) in [5, 5.41) is 3.74. The van der Waals surface area contributed by atoms with Gasteiger partial charge in [-0.15, -0.1) is 0 Å². The van der Waals surface area contributed by atoms with Crippen molar-refractivity contribution in [2.45, 2.75) is 6.18 Å². The first-order chi connectivity index (χ1) is 11.2. The Labute approximate surface area is 137 Å². The predicted octanol–water partition coefficient (Wildman–Crippen LogP) is 2.15. The summed E-state index contributed by atoms with van der Waals surface area (Å²) in [5.74, 6) is 0. The number of amides is 1. The SMILES string of the molecule is CN(C)CCN(C)c1ccc(C2=NNC(=O)OC2)cc1C(F)(F)F. The Hall–Kier alpha value is -2.29. The molecule has 6 nitrogen and oxygen atoms in total. The van der Waals surface area contributed by atoms with E-state index in [1.807, 2.05) is 19.0 Å². The molecule has 1 aliphatic rings. The quantitative estimate of drug-likeness (QED) is 0.889. The van der Waals surface area contributed by atoms with Gasteiger partial charge in [0, 0.05) is 31.4 Å². The lowest BCUT2D eigenvalue weighted by Crippen LogP contribution is -2.32. The summed E-state index contributed by atoms with van der Waals surface area (Å²) in [6.07, 6.45) is -5.23. The molecule has 132 valence electrons. The summed E-state index contributed by atoms with van der Waals surface area (Å²) in [6.45, 7) is 0.913. The second kappa shape index (κ2) is 7.08. The van der Waals surface area contributed by atoms with Gasteiger partial charge in [0.1, 0.15) is 12.3 Å². The number of hydrazone groups is 1. The van der Waals surface area contributed by atoms with Gasteiger partial charge in [0.05, 0.1) is 5.56 Å². The maximum atomic E-state index is 13.4. The minimum atomic E-state index is -4.50. The first-order valence-electron chi connectivity index (χ1n) is 7.25. The van der Waals surface area contributed by atoms with Gasteiger partial charge in [0.25, 0.3) is 0 Å². The molecule has 1 heterocycles. The molecule has 9 heteroatoms. The van der Waals surface area contributed by atoms with Crippen LogP contribution in [0.1, 0.15) is 11.1 Å². The van der Waals surface area contributed by atoms with Crippen LogP contribution in [0.25, 0.3) is 0 Å². The van der Waals surface area contributed by atoms with E-state index in [4.69, 9.17) is 4.74 Å². The van der Waals surface area contributed by atoms with Crippen LogP contribution in [0, 0.1) is 0 Å². The van der Waals surface area contributed by atoms with Crippen LogP contribution in [0.5, 0.6) is 0 Å². The number of hydrogen-bond donors (Lipinski definition) is 1. The van der Waals surface area contributed by atoms with Gasteiger partial charge in [-0.2, -0.15) is 18.3 Å². The third kappa shape index (κ3) is 4.38. The highest BCUT2D eigenvalue weighted by Crippen LogP contribution is 2.37.